The molecular formula is C19H19Cl2N3O2. The Kier molecular flexibility index (Phi) is 4.86. The van der Waals surface area contributed by atoms with Crippen LogP contribution in [0.4, 0.5) is 21.9 Å². The van der Waals surface area contributed by atoms with Crippen LogP contribution < -0.4 is 16.0 Å². The number of anilines is 3. The first kappa shape index (κ1) is 18.5. The molecule has 3 rings (SSSR count). The number of amides is 3. The predicted octanol–water partition coefficient (Wildman–Crippen LogP) is 5.16. The number of carbonyl (C=O) groups is 2. The van der Waals surface area contributed by atoms with Gasteiger partial charge in [-0.2, -0.15) is 0 Å². The van der Waals surface area contributed by atoms with E-state index in [1.54, 1.807) is 31.2 Å². The Morgan fingerprint density at radius 1 is 0.962 bits per heavy atom. The number of carbonyl (C=O) groups excluding carboxylic acids is 2. The molecule has 3 N–H and O–H groups in total. The zero-order valence-electron chi connectivity index (χ0n) is 14.4. The highest BCUT2D eigenvalue weighted by molar-refractivity contribution is 6.53. The van der Waals surface area contributed by atoms with Crippen LogP contribution in [0.25, 0.3) is 0 Å². The number of hydrogen-bond donors (Lipinski definition) is 3. The fraction of sp³-hybridized carbons (Fsp3) is 0.263. The number of halogens is 2. The zero-order valence-corrected chi connectivity index (χ0v) is 15.9. The SMILES string of the molecule is Cc1ccc(NC(=O)Nc2ccccc2)cc1NC(=O)[C@@]1(C)CC1(Cl)Cl. The van der Waals surface area contributed by atoms with Crippen molar-refractivity contribution in [1.29, 1.82) is 0 Å². The molecule has 1 fully saturated rings. The van der Waals surface area contributed by atoms with Crippen molar-refractivity contribution < 1.29 is 9.59 Å². The summed E-state index contributed by atoms with van der Waals surface area (Å²) in [5, 5.41) is 8.34. The minimum atomic E-state index is -1.03. The van der Waals surface area contributed by atoms with E-state index in [4.69, 9.17) is 23.2 Å². The van der Waals surface area contributed by atoms with Crippen LogP contribution in [0.15, 0.2) is 48.5 Å². The van der Waals surface area contributed by atoms with Gasteiger partial charge in [-0.3, -0.25) is 4.79 Å². The summed E-state index contributed by atoms with van der Waals surface area (Å²) in [6.45, 7) is 3.60. The Hall–Kier alpha value is -2.24. The van der Waals surface area contributed by atoms with Crippen LogP contribution in [0.3, 0.4) is 0 Å². The second-order valence-electron chi connectivity index (χ2n) is 6.64. The summed E-state index contributed by atoms with van der Waals surface area (Å²) in [5.74, 6) is -0.239. The quantitative estimate of drug-likeness (QED) is 0.629. The predicted molar refractivity (Wildman–Crippen MR) is 106 cm³/mol. The Balaban J connectivity index is 1.68. The van der Waals surface area contributed by atoms with Crippen molar-refractivity contribution in [2.75, 3.05) is 16.0 Å². The lowest BCUT2D eigenvalue weighted by Gasteiger charge is -2.16. The summed E-state index contributed by atoms with van der Waals surface area (Å²) in [6.07, 6.45) is 0.408. The maximum absolute atomic E-state index is 12.5. The number of urea groups is 1. The molecule has 0 spiro atoms. The lowest BCUT2D eigenvalue weighted by molar-refractivity contribution is -0.120. The number of benzene rings is 2. The van der Waals surface area contributed by atoms with Gasteiger partial charge in [0.15, 0.2) is 0 Å². The molecule has 0 aromatic heterocycles. The normalized spacial score (nSPS) is 20.2. The first-order chi connectivity index (χ1) is 12.2. The number of nitrogens with one attached hydrogen (secondary N) is 3. The summed E-state index contributed by atoms with van der Waals surface area (Å²) >= 11 is 12.1. The lowest BCUT2D eigenvalue weighted by atomic mass is 10.1. The van der Waals surface area contributed by atoms with Gasteiger partial charge in [-0.05, 0) is 50.1 Å². The minimum Gasteiger partial charge on any atom is -0.325 e. The van der Waals surface area contributed by atoms with Crippen molar-refractivity contribution in [3.05, 3.63) is 54.1 Å². The molecule has 0 heterocycles. The molecule has 3 amide bonds. The average molecular weight is 392 g/mol. The van der Waals surface area contributed by atoms with Crippen LogP contribution in [0.5, 0.6) is 0 Å². The third-order valence-corrected chi connectivity index (χ3v) is 5.64. The zero-order chi connectivity index (χ0) is 18.9. The Labute approximate surface area is 162 Å². The summed E-state index contributed by atoms with van der Waals surface area (Å²) in [4.78, 5) is 24.6. The van der Waals surface area contributed by atoms with Crippen LogP contribution in [0, 0.1) is 12.3 Å². The number of aryl methyl sites for hydroxylation is 1. The summed E-state index contributed by atoms with van der Waals surface area (Å²) in [5.41, 5.74) is 1.91. The first-order valence-corrected chi connectivity index (χ1v) is 8.90. The van der Waals surface area contributed by atoms with Crippen molar-refractivity contribution in [1.82, 2.24) is 0 Å². The van der Waals surface area contributed by atoms with E-state index in [9.17, 15) is 9.59 Å². The van der Waals surface area contributed by atoms with E-state index in [1.165, 1.54) is 0 Å². The number of alkyl halides is 2. The minimum absolute atomic E-state index is 0.239. The monoisotopic (exact) mass is 391 g/mol. The molecule has 1 saturated carbocycles. The van der Waals surface area contributed by atoms with Crippen LogP contribution in [0.1, 0.15) is 18.9 Å². The molecule has 1 aliphatic carbocycles. The molecule has 26 heavy (non-hydrogen) atoms. The van der Waals surface area contributed by atoms with Crippen molar-refractivity contribution in [3.8, 4) is 0 Å². The number of hydrogen-bond acceptors (Lipinski definition) is 2. The van der Waals surface area contributed by atoms with Crippen LogP contribution in [-0.4, -0.2) is 16.3 Å². The van der Waals surface area contributed by atoms with Crippen molar-refractivity contribution in [2.24, 2.45) is 5.41 Å². The molecule has 0 bridgehead atoms. The molecule has 0 radical (unpaired) electrons. The number of rotatable bonds is 4. The van der Waals surface area contributed by atoms with Crippen LogP contribution >= 0.6 is 23.2 Å². The molecule has 0 saturated heterocycles. The smallest absolute Gasteiger partial charge is 0.323 e. The molecule has 136 valence electrons. The fourth-order valence-corrected chi connectivity index (χ4v) is 3.26. The van der Waals surface area contributed by atoms with Crippen LogP contribution in [-0.2, 0) is 4.79 Å². The highest BCUT2D eigenvalue weighted by Gasteiger charge is 2.67. The van der Waals surface area contributed by atoms with Crippen LogP contribution in [0.2, 0.25) is 0 Å². The summed E-state index contributed by atoms with van der Waals surface area (Å²) in [7, 11) is 0. The van der Waals surface area contributed by atoms with Gasteiger partial charge in [0.2, 0.25) is 5.91 Å². The van der Waals surface area contributed by atoms with Gasteiger partial charge in [0.25, 0.3) is 0 Å². The lowest BCUT2D eigenvalue weighted by Crippen LogP contribution is -2.26. The van der Waals surface area contributed by atoms with E-state index >= 15 is 0 Å². The van der Waals surface area contributed by atoms with Crippen molar-refractivity contribution in [3.63, 3.8) is 0 Å². The van der Waals surface area contributed by atoms with Gasteiger partial charge in [0.1, 0.15) is 4.33 Å². The highest BCUT2D eigenvalue weighted by Crippen LogP contribution is 2.64. The topological polar surface area (TPSA) is 70.2 Å². The van der Waals surface area contributed by atoms with Gasteiger partial charge in [0.05, 0.1) is 5.41 Å². The fourth-order valence-electron chi connectivity index (χ4n) is 2.56. The van der Waals surface area contributed by atoms with Gasteiger partial charge in [-0.1, -0.05) is 24.3 Å². The van der Waals surface area contributed by atoms with E-state index in [2.05, 4.69) is 16.0 Å². The second kappa shape index (κ2) is 6.82. The molecule has 7 heteroatoms. The van der Waals surface area contributed by atoms with Gasteiger partial charge in [0, 0.05) is 17.1 Å². The molecule has 1 aliphatic rings. The van der Waals surface area contributed by atoms with E-state index < -0.39 is 9.75 Å². The van der Waals surface area contributed by atoms with Gasteiger partial charge in [-0.25, -0.2) is 4.79 Å². The average Bonchev–Trinajstić information content (AvgIpc) is 3.11. The third-order valence-electron chi connectivity index (χ3n) is 4.53. The first-order valence-electron chi connectivity index (χ1n) is 8.14. The maximum Gasteiger partial charge on any atom is 0.323 e. The standard InChI is InChI=1S/C19H19Cl2N3O2/c1-12-8-9-14(23-17(26)22-13-6-4-3-5-7-13)10-15(12)24-16(25)18(2)11-19(18,20)21/h3-10H,11H2,1-2H3,(H,24,25)(H2,22,23,26)/t18-/m1/s1. The van der Waals surface area contributed by atoms with Crippen molar-refractivity contribution >= 4 is 52.2 Å². The highest BCUT2D eigenvalue weighted by atomic mass is 35.5. The molecule has 2 aromatic rings. The summed E-state index contributed by atoms with van der Waals surface area (Å²) < 4.78 is -1.03. The van der Waals surface area contributed by atoms with E-state index in [1.807, 2.05) is 31.2 Å². The van der Waals surface area contributed by atoms with Crippen molar-refractivity contribution in [2.45, 2.75) is 24.6 Å². The molecule has 2 aromatic carbocycles. The van der Waals surface area contributed by atoms with Gasteiger partial charge in [-0.15, -0.1) is 23.2 Å². The molecule has 0 aliphatic heterocycles. The maximum atomic E-state index is 12.5. The Morgan fingerprint density at radius 2 is 1.58 bits per heavy atom. The molecule has 5 nitrogen and oxygen atoms in total. The molecular weight excluding hydrogens is 373 g/mol. The van der Waals surface area contributed by atoms with E-state index in [-0.39, 0.29) is 11.9 Å². The largest absolute Gasteiger partial charge is 0.325 e. The number of para-hydroxylation sites is 1. The molecule has 1 atom stereocenters. The third kappa shape index (κ3) is 3.79. The second-order valence-corrected chi connectivity index (χ2v) is 8.13. The Bertz CT molecular complexity index is 855. The summed E-state index contributed by atoms with van der Waals surface area (Å²) in [6, 6.07) is 14.0. The van der Waals surface area contributed by atoms with E-state index in [0.29, 0.717) is 23.5 Å². The van der Waals surface area contributed by atoms with E-state index in [0.717, 1.165) is 5.56 Å². The Morgan fingerprint density at radius 3 is 2.19 bits per heavy atom. The van der Waals surface area contributed by atoms with Gasteiger partial charge >= 0.3 is 6.03 Å². The van der Waals surface area contributed by atoms with Gasteiger partial charge < -0.3 is 16.0 Å². The molecule has 0 unspecified atom stereocenters.